The third-order valence-corrected chi connectivity index (χ3v) is 45.8. The Morgan fingerprint density at radius 3 is 0.893 bits per heavy atom. The van der Waals surface area contributed by atoms with Crippen molar-refractivity contribution < 1.29 is 42.7 Å². The molecular weight excluding hydrogens is 1900 g/mol. The number of hydrogen-bond acceptors (Lipinski definition) is 17. The molecule has 0 spiro atoms. The van der Waals surface area contributed by atoms with Crippen LogP contribution in [0.3, 0.4) is 0 Å². The summed E-state index contributed by atoms with van der Waals surface area (Å²) in [4.78, 5) is 86.4. The highest BCUT2D eigenvalue weighted by Crippen LogP contribution is 2.52. The van der Waals surface area contributed by atoms with Crippen LogP contribution >= 0.6 is 0 Å². The third-order valence-electron chi connectivity index (χ3n) is 32.4. The molecule has 4 aliphatic carbocycles. The van der Waals surface area contributed by atoms with Crippen molar-refractivity contribution in [1.29, 1.82) is 0 Å². The molecule has 0 saturated heterocycles. The smallest absolute Gasteiger partial charge is 0.335 e. The van der Waals surface area contributed by atoms with Crippen molar-refractivity contribution in [3.63, 3.8) is 0 Å². The average Bonchev–Trinajstić information content (AvgIpc) is 1.55. The lowest BCUT2D eigenvalue weighted by molar-refractivity contribution is 0.0693. The standard InChI is InChI=1S/C33H45N3O2Si.C32H43N3O2Si.C27H31N3O2.C26H36O3Si.C6H9N3.B/c1-24(30-23-34-19-20-35-30)36(5)32(37)28-16-13-25(14-17-28)21-26-15-18-29(22-26)31(27-11-9-8-10-12-27)38-39(6,7)33(2,3)4;1-23(29-22-33-18-19-34-29)35-31(36)27-15-12-24(13-16-27)20-25-14-17-28(21-25)30(26-10-8-7-9-11-26)37-38(5,6)32(2,3)4;1-19(25-18-28-14-15-29-25)30(2)27(32)23-11-8-20(9-12-23)16-21-10-13-24(17-21)26(31)22-6-4-3-5-7-22;1-26(2,3)30(4,5)29-24(21-9-7-6-8-10-21)23-16-13-20(18-23)17-19-11-14-22(15-12-19)25(27)28;1-5(7)6-4-8-2-3-9-6;/h8-14,16-17,19-20,23-24,26,29,31H,15,18,21-22H2,1-7H3;7-13,15-16,18-19,22-23,25,28,30H,14,17,20-21H2,1-6H3,(H,35,36);3-9,11-12,14-15,18-19,21,24,26,31H,10,13,16-17H2,1-2H3;6-12,14-15,20,23-24H,13,16-18H2,1-5H3,(H,27,28);2-5H,7H2,1H3;/t24?,26-,29-,31+;23?,25-,28-,30+;19?,21-,24-,26+;20-,23-,24+;;/m0000../s1. The van der Waals surface area contributed by atoms with Gasteiger partial charge >= 0.3 is 5.97 Å². The number of carbonyl (C=O) groups is 4. The molecule has 21 nitrogen and oxygen atoms in total. The van der Waals surface area contributed by atoms with Gasteiger partial charge in [0, 0.05) is 101 Å². The summed E-state index contributed by atoms with van der Waals surface area (Å²) in [5.41, 5.74) is 21.1. The van der Waals surface area contributed by atoms with Crippen molar-refractivity contribution in [2.45, 2.75) is 296 Å². The average molecular weight is 2060 g/mol. The molecule has 3 amide bonds. The first-order chi connectivity index (χ1) is 70.4. The van der Waals surface area contributed by atoms with Crippen molar-refractivity contribution in [3.8, 4) is 0 Å². The number of aliphatic hydroxyl groups excluding tert-OH is 1. The Morgan fingerprint density at radius 1 is 0.362 bits per heavy atom. The first-order valence-corrected chi connectivity index (χ1v) is 62.3. The molecule has 4 fully saturated rings. The molecule has 4 aromatic heterocycles. The van der Waals surface area contributed by atoms with Crippen molar-refractivity contribution >= 4 is 57.1 Å². The maximum absolute atomic E-state index is 13.1. The number of aromatic nitrogens is 8. The molecule has 4 aliphatic rings. The lowest BCUT2D eigenvalue weighted by Gasteiger charge is -2.41. The summed E-state index contributed by atoms with van der Waals surface area (Å²) < 4.78 is 21.1. The van der Waals surface area contributed by atoms with E-state index in [2.05, 4.69) is 274 Å². The molecule has 789 valence electrons. The number of aromatic carboxylic acids is 1. The lowest BCUT2D eigenvalue weighted by atomic mass is 9.91. The number of carboxylic acids is 1. The molecule has 149 heavy (non-hydrogen) atoms. The van der Waals surface area contributed by atoms with E-state index in [0.29, 0.717) is 69.6 Å². The molecule has 8 aromatic carbocycles. The van der Waals surface area contributed by atoms with E-state index in [1.807, 2.05) is 114 Å². The minimum Gasteiger partial charge on any atom is -0.478 e. The van der Waals surface area contributed by atoms with Crippen LogP contribution in [0, 0.1) is 47.3 Å². The third kappa shape index (κ3) is 33.7. The number of amides is 3. The summed E-state index contributed by atoms with van der Waals surface area (Å²) in [7, 11) is -2.09. The zero-order valence-corrected chi connectivity index (χ0v) is 95.1. The molecule has 4 heterocycles. The lowest BCUT2D eigenvalue weighted by Crippen LogP contribution is -2.43. The fourth-order valence-electron chi connectivity index (χ4n) is 20.1. The molecule has 4 saturated carbocycles. The monoisotopic (exact) mass is 2060 g/mol. The van der Waals surface area contributed by atoms with Crippen LogP contribution in [0.4, 0.5) is 0 Å². The summed E-state index contributed by atoms with van der Waals surface area (Å²) >= 11 is 0. The molecule has 3 radical (unpaired) electrons. The van der Waals surface area contributed by atoms with E-state index in [-0.39, 0.29) is 89.8 Å². The van der Waals surface area contributed by atoms with Crippen LogP contribution in [0.2, 0.25) is 54.4 Å². The second-order valence-electron chi connectivity index (χ2n) is 46.3. The summed E-state index contributed by atoms with van der Waals surface area (Å²) in [5, 5.41) is 23.4. The minimum atomic E-state index is -1.91. The molecule has 4 unspecified atom stereocenters. The Bertz CT molecular complexity index is 6050. The van der Waals surface area contributed by atoms with E-state index in [9.17, 15) is 24.3 Å². The molecule has 25 heteroatoms. The number of rotatable bonds is 33. The number of nitrogens with one attached hydrogen (secondary N) is 1. The molecule has 0 bridgehead atoms. The zero-order valence-electron chi connectivity index (χ0n) is 92.1. The van der Waals surface area contributed by atoms with Crippen molar-refractivity contribution in [2.24, 2.45) is 53.1 Å². The second kappa shape index (κ2) is 54.5. The van der Waals surface area contributed by atoms with Crippen LogP contribution in [0.15, 0.2) is 293 Å². The molecule has 0 aliphatic heterocycles. The summed E-state index contributed by atoms with van der Waals surface area (Å²) in [6.45, 7) is 42.7. The Morgan fingerprint density at radius 2 is 0.624 bits per heavy atom. The van der Waals surface area contributed by atoms with Crippen molar-refractivity contribution in [2.75, 3.05) is 14.1 Å². The summed E-state index contributed by atoms with van der Waals surface area (Å²) in [6.07, 6.45) is 38.0. The van der Waals surface area contributed by atoms with E-state index in [4.69, 9.17) is 24.1 Å². The minimum absolute atomic E-state index is 0. The van der Waals surface area contributed by atoms with Crippen LogP contribution in [0.25, 0.3) is 0 Å². The van der Waals surface area contributed by atoms with E-state index in [1.54, 1.807) is 103 Å². The molecular formula is C124H164BN12O9Si3. The van der Waals surface area contributed by atoms with Gasteiger partial charge in [-0.1, -0.05) is 232 Å². The van der Waals surface area contributed by atoms with Gasteiger partial charge in [0.25, 0.3) is 17.7 Å². The highest BCUT2D eigenvalue weighted by atomic mass is 28.4. The van der Waals surface area contributed by atoms with Crippen molar-refractivity contribution in [3.05, 3.63) is 382 Å². The first-order valence-electron chi connectivity index (χ1n) is 53.5. The summed E-state index contributed by atoms with van der Waals surface area (Å²) in [6, 6.07) is 73.5. The number of aliphatic hydroxyl groups is 1. The van der Waals surface area contributed by atoms with E-state index < -0.39 is 30.9 Å². The van der Waals surface area contributed by atoms with Gasteiger partial charge in [-0.05, 0) is 325 Å². The van der Waals surface area contributed by atoms with Crippen LogP contribution < -0.4 is 11.1 Å². The number of benzene rings is 8. The topological polar surface area (TPSA) is 284 Å². The molecule has 16 atom stereocenters. The number of nitrogens with zero attached hydrogens (tertiary/aromatic N) is 10. The number of carbonyl (C=O) groups excluding carboxylic acids is 3. The Hall–Kier alpha value is -11.5. The van der Waals surface area contributed by atoms with Gasteiger partial charge in [0.05, 0.1) is 89.5 Å². The molecule has 5 N–H and O–H groups in total. The number of carboxylic acid groups (broad SMARTS) is 1. The maximum Gasteiger partial charge on any atom is 0.335 e. The van der Waals surface area contributed by atoms with E-state index in [1.165, 1.54) is 90.3 Å². The van der Waals surface area contributed by atoms with Gasteiger partial charge in [0.15, 0.2) is 25.0 Å². The van der Waals surface area contributed by atoms with Crippen LogP contribution in [0.1, 0.15) is 324 Å². The van der Waals surface area contributed by atoms with E-state index in [0.717, 1.165) is 79.7 Å². The second-order valence-corrected chi connectivity index (χ2v) is 60.6. The predicted octanol–water partition coefficient (Wildman–Crippen LogP) is 27.9. The van der Waals surface area contributed by atoms with Gasteiger partial charge in [-0.2, -0.15) is 0 Å². The Balaban J connectivity index is 0.000000183. The molecule has 12 aromatic rings. The van der Waals surface area contributed by atoms with Crippen LogP contribution in [-0.2, 0) is 39.0 Å². The van der Waals surface area contributed by atoms with Gasteiger partial charge in [-0.3, -0.25) is 54.3 Å². The van der Waals surface area contributed by atoms with Gasteiger partial charge in [-0.15, -0.1) is 0 Å². The largest absolute Gasteiger partial charge is 0.478 e. The van der Waals surface area contributed by atoms with Crippen molar-refractivity contribution in [1.82, 2.24) is 55.0 Å². The normalized spacial score (nSPS) is 19.4. The van der Waals surface area contributed by atoms with E-state index >= 15 is 0 Å². The summed E-state index contributed by atoms with van der Waals surface area (Å²) in [5.74, 6) is 3.38. The van der Waals surface area contributed by atoms with Gasteiger partial charge in [0.2, 0.25) is 0 Å². The van der Waals surface area contributed by atoms with Crippen LogP contribution in [0.5, 0.6) is 0 Å². The van der Waals surface area contributed by atoms with Gasteiger partial charge < -0.3 is 44.3 Å². The maximum atomic E-state index is 13.1. The Kier molecular flexibility index (Phi) is 43.0. The van der Waals surface area contributed by atoms with Gasteiger partial charge in [-0.25, -0.2) is 4.79 Å². The van der Waals surface area contributed by atoms with Gasteiger partial charge in [0.1, 0.15) is 0 Å². The van der Waals surface area contributed by atoms with Crippen LogP contribution in [-0.4, -0.2) is 131 Å². The predicted molar refractivity (Wildman–Crippen MR) is 608 cm³/mol. The highest BCUT2D eigenvalue weighted by molar-refractivity contribution is 6.75. The fourth-order valence-corrected chi connectivity index (χ4v) is 24.0. The zero-order chi connectivity index (χ0) is 107. The number of nitrogens with two attached hydrogens (primary N) is 1. The fraction of sp³-hybridized carbons (Fsp3) is 0.452. The highest BCUT2D eigenvalue weighted by Gasteiger charge is 2.47. The molecule has 16 rings (SSSR count). The first kappa shape index (κ1) is 118. The SMILES string of the molecule is CC(C)(C)[Si](C)(C)O[C@H](c1ccccc1)[C@H]1CC[C@@H](Cc2ccc(C(=O)O)cc2)C1.CC(N)c1cnccn1.CC(NC(=O)c1ccc(C[C@@H]2CC[C@H]([C@H](O[Si](C)(C)C(C)(C)C)c3ccccc3)C2)cc1)c1cnccn1.CC(c1cnccn1)N(C)C(=O)c1ccc(C[C@@H]2CC[C@H]([C@H](O)c3ccccc3)C2)cc1.CC(c1cnccn1)N(C)C(=O)c1ccc(C[C@@H]2CC[C@H]([C@H](O[Si](C)(C)C(C)(C)C)c3ccccc3)C2)cc1.[B]. The number of hydrogen-bond donors (Lipinski definition) is 4. The quantitative estimate of drug-likeness (QED) is 0.0278. The Labute approximate surface area is 894 Å².